The van der Waals surface area contributed by atoms with Gasteiger partial charge in [0.05, 0.1) is 17.7 Å². The summed E-state index contributed by atoms with van der Waals surface area (Å²) in [5.74, 6) is -1.31. The Labute approximate surface area is 144 Å². The first-order valence-corrected chi connectivity index (χ1v) is 8.01. The highest BCUT2D eigenvalue weighted by Gasteiger charge is 2.39. The normalized spacial score (nSPS) is 15.6. The molecule has 2 heterocycles. The first kappa shape index (κ1) is 16.7. The molecule has 0 saturated heterocycles. The Balaban J connectivity index is 1.88. The highest BCUT2D eigenvalue weighted by atomic mass is 35.5. The number of hydrogen-bond donors (Lipinski definition) is 0. The van der Waals surface area contributed by atoms with Crippen LogP contribution in [0.4, 0.5) is 13.2 Å². The maximum Gasteiger partial charge on any atom is 0.416 e. The van der Waals surface area contributed by atoms with Crippen LogP contribution in [-0.4, -0.2) is 16.7 Å². The van der Waals surface area contributed by atoms with Gasteiger partial charge in [-0.15, -0.1) is 11.3 Å². The Morgan fingerprint density at radius 3 is 2.46 bits per heavy atom. The summed E-state index contributed by atoms with van der Waals surface area (Å²) in [5, 5.41) is 1.52. The molecule has 0 atom stereocenters. The van der Waals surface area contributed by atoms with Gasteiger partial charge in [-0.05, 0) is 29.1 Å². The zero-order valence-electron chi connectivity index (χ0n) is 11.9. The van der Waals surface area contributed by atoms with Gasteiger partial charge in [0.15, 0.2) is 0 Å². The molecule has 124 valence electrons. The van der Waals surface area contributed by atoms with Crippen molar-refractivity contribution < 1.29 is 22.8 Å². The van der Waals surface area contributed by atoms with Crippen molar-refractivity contribution in [1.29, 1.82) is 0 Å². The summed E-state index contributed by atoms with van der Waals surface area (Å²) >= 11 is 7.23. The minimum Gasteiger partial charge on any atom is -0.269 e. The van der Waals surface area contributed by atoms with Crippen molar-refractivity contribution in [2.75, 3.05) is 0 Å². The van der Waals surface area contributed by atoms with E-state index >= 15 is 0 Å². The lowest BCUT2D eigenvalue weighted by atomic mass is 10.1. The van der Waals surface area contributed by atoms with Crippen LogP contribution in [0, 0.1) is 0 Å². The molecule has 0 radical (unpaired) electrons. The monoisotopic (exact) mass is 371 g/mol. The molecule has 24 heavy (non-hydrogen) atoms. The van der Waals surface area contributed by atoms with E-state index in [2.05, 4.69) is 0 Å². The second-order valence-electron chi connectivity index (χ2n) is 5.06. The van der Waals surface area contributed by atoms with Crippen LogP contribution >= 0.6 is 22.9 Å². The van der Waals surface area contributed by atoms with Crippen molar-refractivity contribution in [3.8, 4) is 0 Å². The highest BCUT2D eigenvalue weighted by molar-refractivity contribution is 7.11. The summed E-state index contributed by atoms with van der Waals surface area (Å²) in [5.41, 5.74) is -0.552. The lowest BCUT2D eigenvalue weighted by Gasteiger charge is -2.16. The van der Waals surface area contributed by atoms with Crippen LogP contribution in [0.2, 0.25) is 0 Å². The number of nitrogens with zero attached hydrogens (tertiary/aromatic N) is 1. The number of thiophene rings is 1. The number of imide groups is 1. The Hall–Kier alpha value is -2.12. The summed E-state index contributed by atoms with van der Waals surface area (Å²) in [6.07, 6.45) is -4.49. The van der Waals surface area contributed by atoms with Crippen molar-refractivity contribution in [2.45, 2.75) is 12.7 Å². The predicted octanol–water partition coefficient (Wildman–Crippen LogP) is 4.29. The van der Waals surface area contributed by atoms with E-state index in [1.54, 1.807) is 17.5 Å². The summed E-state index contributed by atoms with van der Waals surface area (Å²) in [6, 6.07) is 7.87. The predicted molar refractivity (Wildman–Crippen MR) is 84.1 cm³/mol. The highest BCUT2D eigenvalue weighted by Crippen LogP contribution is 2.35. The zero-order valence-corrected chi connectivity index (χ0v) is 13.5. The van der Waals surface area contributed by atoms with Crippen LogP contribution in [0.25, 0.3) is 5.57 Å². The second-order valence-corrected chi connectivity index (χ2v) is 6.39. The SMILES string of the molecule is O=C1C(Cl)=C(c2cccs2)C(=O)N1Cc1cccc(C(F)(F)F)c1. The van der Waals surface area contributed by atoms with E-state index in [0.717, 1.165) is 17.0 Å². The van der Waals surface area contributed by atoms with Crippen LogP contribution in [-0.2, 0) is 22.3 Å². The van der Waals surface area contributed by atoms with Gasteiger partial charge >= 0.3 is 6.18 Å². The standard InChI is InChI=1S/C16H9ClF3NO2S/c17-13-12(11-5-2-6-24-11)14(22)21(15(13)23)8-9-3-1-4-10(7-9)16(18,19)20/h1-7H,8H2. The fourth-order valence-corrected chi connectivity index (χ4v) is 3.46. The zero-order chi connectivity index (χ0) is 17.5. The fraction of sp³-hybridized carbons (Fsp3) is 0.125. The average molecular weight is 372 g/mol. The third-order valence-electron chi connectivity index (χ3n) is 3.47. The summed E-state index contributed by atoms with van der Waals surface area (Å²) in [6.45, 7) is -0.271. The molecule has 1 aliphatic heterocycles. The molecule has 0 saturated carbocycles. The lowest BCUT2D eigenvalue weighted by molar-refractivity contribution is -0.137. The third kappa shape index (κ3) is 2.97. The second kappa shape index (κ2) is 6.07. The van der Waals surface area contributed by atoms with E-state index in [-0.39, 0.29) is 22.7 Å². The number of amides is 2. The fourth-order valence-electron chi connectivity index (χ4n) is 2.35. The van der Waals surface area contributed by atoms with Crippen LogP contribution in [0.3, 0.4) is 0 Å². The van der Waals surface area contributed by atoms with Gasteiger partial charge in [0.1, 0.15) is 5.03 Å². The molecule has 0 spiro atoms. The smallest absolute Gasteiger partial charge is 0.269 e. The van der Waals surface area contributed by atoms with Gasteiger partial charge in [-0.25, -0.2) is 0 Å². The molecule has 1 aliphatic rings. The molecule has 1 aromatic heterocycles. The first-order chi connectivity index (χ1) is 11.3. The third-order valence-corrected chi connectivity index (χ3v) is 4.71. The summed E-state index contributed by atoms with van der Waals surface area (Å²) < 4.78 is 38.3. The van der Waals surface area contributed by atoms with Gasteiger partial charge < -0.3 is 0 Å². The van der Waals surface area contributed by atoms with Crippen molar-refractivity contribution in [3.05, 3.63) is 62.8 Å². The Morgan fingerprint density at radius 1 is 1.08 bits per heavy atom. The van der Waals surface area contributed by atoms with Crippen molar-refractivity contribution >= 4 is 40.3 Å². The maximum absolute atomic E-state index is 12.8. The van der Waals surface area contributed by atoms with Crippen molar-refractivity contribution in [2.24, 2.45) is 0 Å². The first-order valence-electron chi connectivity index (χ1n) is 6.75. The number of carbonyl (C=O) groups excluding carboxylic acids is 2. The van der Waals surface area contributed by atoms with Crippen molar-refractivity contribution in [3.63, 3.8) is 0 Å². The van der Waals surface area contributed by atoms with Gasteiger partial charge in [0.2, 0.25) is 0 Å². The molecule has 1 aromatic carbocycles. The Kier molecular flexibility index (Phi) is 4.23. The topological polar surface area (TPSA) is 37.4 Å². The molecule has 0 fully saturated rings. The van der Waals surface area contributed by atoms with Crippen LogP contribution < -0.4 is 0 Å². The Bertz CT molecular complexity index is 843. The lowest BCUT2D eigenvalue weighted by Crippen LogP contribution is -2.30. The molecule has 0 unspecified atom stereocenters. The van der Waals surface area contributed by atoms with Gasteiger partial charge in [-0.1, -0.05) is 29.8 Å². The minimum absolute atomic E-state index is 0.0867. The quantitative estimate of drug-likeness (QED) is 0.755. The van der Waals surface area contributed by atoms with Crippen LogP contribution in [0.5, 0.6) is 0 Å². The van der Waals surface area contributed by atoms with E-state index in [4.69, 9.17) is 11.6 Å². The number of benzene rings is 1. The number of hydrogen-bond acceptors (Lipinski definition) is 3. The summed E-state index contributed by atoms with van der Waals surface area (Å²) in [4.78, 5) is 26.1. The summed E-state index contributed by atoms with van der Waals surface area (Å²) in [7, 11) is 0. The van der Waals surface area contributed by atoms with E-state index < -0.39 is 23.6 Å². The van der Waals surface area contributed by atoms with E-state index in [1.807, 2.05) is 0 Å². The van der Waals surface area contributed by atoms with Crippen LogP contribution in [0.15, 0.2) is 46.8 Å². The molecule has 0 N–H and O–H groups in total. The van der Waals surface area contributed by atoms with Gasteiger partial charge in [-0.3, -0.25) is 14.5 Å². The average Bonchev–Trinajstić information content (AvgIpc) is 3.11. The number of rotatable bonds is 3. The maximum atomic E-state index is 12.8. The molecule has 2 aromatic rings. The molecule has 3 rings (SSSR count). The van der Waals surface area contributed by atoms with Gasteiger partial charge in [0, 0.05) is 4.88 Å². The van der Waals surface area contributed by atoms with E-state index in [1.165, 1.54) is 23.5 Å². The molecular weight excluding hydrogens is 363 g/mol. The Morgan fingerprint density at radius 2 is 1.83 bits per heavy atom. The minimum atomic E-state index is -4.49. The van der Waals surface area contributed by atoms with Crippen molar-refractivity contribution in [1.82, 2.24) is 4.90 Å². The van der Waals surface area contributed by atoms with E-state index in [9.17, 15) is 22.8 Å². The molecular formula is C16H9ClF3NO2S. The number of carbonyl (C=O) groups is 2. The molecule has 2 amide bonds. The largest absolute Gasteiger partial charge is 0.416 e. The van der Waals surface area contributed by atoms with E-state index in [0.29, 0.717) is 4.88 Å². The molecule has 0 bridgehead atoms. The number of alkyl halides is 3. The molecule has 0 aliphatic carbocycles. The van der Waals surface area contributed by atoms with Crippen LogP contribution in [0.1, 0.15) is 16.0 Å². The van der Waals surface area contributed by atoms with Gasteiger partial charge in [-0.2, -0.15) is 13.2 Å². The molecule has 8 heteroatoms. The molecule has 3 nitrogen and oxygen atoms in total. The number of halogens is 4. The van der Waals surface area contributed by atoms with Gasteiger partial charge in [0.25, 0.3) is 11.8 Å².